The van der Waals surface area contributed by atoms with Gasteiger partial charge in [-0.1, -0.05) is 19.1 Å². The first kappa shape index (κ1) is 20.5. The van der Waals surface area contributed by atoms with Crippen molar-refractivity contribution in [1.82, 2.24) is 19.5 Å². The molecule has 160 valence electrons. The van der Waals surface area contributed by atoms with Crippen molar-refractivity contribution in [2.45, 2.75) is 43.9 Å². The Kier molecular flexibility index (Phi) is 5.82. The van der Waals surface area contributed by atoms with Gasteiger partial charge in [0.2, 0.25) is 0 Å². The van der Waals surface area contributed by atoms with Crippen LogP contribution in [0, 0.1) is 0 Å². The third kappa shape index (κ3) is 3.58. The van der Waals surface area contributed by atoms with Crippen LogP contribution in [0.1, 0.15) is 31.2 Å². The monoisotopic (exact) mass is 415 g/mol. The highest BCUT2D eigenvalue weighted by Crippen LogP contribution is 2.33. The molecule has 10 heteroatoms. The van der Waals surface area contributed by atoms with Crippen LogP contribution in [0.4, 0.5) is 5.82 Å². The summed E-state index contributed by atoms with van der Waals surface area (Å²) in [5.74, 6) is 1.34. The normalized spacial score (nSPS) is 24.8. The number of fused-ring (bicyclic) bond motifs is 1. The molecular formula is C20H25N5O5. The largest absolute Gasteiger partial charge is 0.497 e. The minimum Gasteiger partial charge on any atom is -0.497 e. The Morgan fingerprint density at radius 1 is 1.17 bits per heavy atom. The summed E-state index contributed by atoms with van der Waals surface area (Å²) in [7, 11) is 1.63. The van der Waals surface area contributed by atoms with Crippen LogP contribution in [-0.4, -0.2) is 66.9 Å². The number of imidazole rings is 1. The fourth-order valence-corrected chi connectivity index (χ4v) is 3.68. The molecule has 0 aliphatic carbocycles. The third-order valence-corrected chi connectivity index (χ3v) is 5.39. The van der Waals surface area contributed by atoms with Gasteiger partial charge in [0.15, 0.2) is 23.2 Å². The number of aliphatic hydroxyl groups excluding tert-OH is 3. The minimum atomic E-state index is -1.21. The molecule has 1 aliphatic rings. The summed E-state index contributed by atoms with van der Waals surface area (Å²) < 4.78 is 12.4. The summed E-state index contributed by atoms with van der Waals surface area (Å²) in [5, 5.41) is 33.1. The number of rotatable bonds is 7. The molecule has 4 rings (SSSR count). The van der Waals surface area contributed by atoms with Crippen LogP contribution in [0.15, 0.2) is 36.9 Å². The van der Waals surface area contributed by atoms with E-state index in [1.165, 1.54) is 12.7 Å². The predicted octanol–water partition coefficient (Wildman–Crippen LogP) is 1.01. The molecule has 3 heterocycles. The molecule has 1 saturated heterocycles. The van der Waals surface area contributed by atoms with Crippen LogP contribution in [0.25, 0.3) is 11.2 Å². The SMILES string of the molecule is CCC(Nc1ncnc2c1ncn2C1OC(CO)C(O)C1O)c1ccc(OC)cc1. The number of anilines is 1. The number of methoxy groups -OCH3 is 1. The average molecular weight is 415 g/mol. The molecule has 5 unspecified atom stereocenters. The highest BCUT2D eigenvalue weighted by Gasteiger charge is 2.44. The second-order valence-corrected chi connectivity index (χ2v) is 7.15. The maximum atomic E-state index is 10.3. The van der Waals surface area contributed by atoms with E-state index < -0.39 is 31.1 Å². The molecule has 1 aromatic carbocycles. The average Bonchev–Trinajstić information content (AvgIpc) is 3.33. The molecule has 0 saturated carbocycles. The molecule has 10 nitrogen and oxygen atoms in total. The number of hydrogen-bond donors (Lipinski definition) is 4. The molecule has 0 bridgehead atoms. The Morgan fingerprint density at radius 2 is 1.93 bits per heavy atom. The number of nitrogens with zero attached hydrogens (tertiary/aromatic N) is 4. The van der Waals surface area contributed by atoms with Crippen molar-refractivity contribution in [3.05, 3.63) is 42.5 Å². The Labute approximate surface area is 173 Å². The van der Waals surface area contributed by atoms with Crippen molar-refractivity contribution in [2.24, 2.45) is 0 Å². The van der Waals surface area contributed by atoms with Gasteiger partial charge in [-0.2, -0.15) is 0 Å². The van der Waals surface area contributed by atoms with E-state index in [9.17, 15) is 15.3 Å². The lowest BCUT2D eigenvalue weighted by Crippen LogP contribution is -2.33. The van der Waals surface area contributed by atoms with E-state index in [2.05, 4.69) is 27.2 Å². The zero-order chi connectivity index (χ0) is 21.3. The topological polar surface area (TPSA) is 135 Å². The third-order valence-electron chi connectivity index (χ3n) is 5.39. The van der Waals surface area contributed by atoms with Crippen molar-refractivity contribution in [3.63, 3.8) is 0 Å². The van der Waals surface area contributed by atoms with E-state index in [0.29, 0.717) is 17.0 Å². The van der Waals surface area contributed by atoms with Gasteiger partial charge in [-0.05, 0) is 24.1 Å². The second kappa shape index (κ2) is 8.52. The number of nitrogens with one attached hydrogen (secondary N) is 1. The first-order valence-corrected chi connectivity index (χ1v) is 9.77. The Bertz CT molecular complexity index is 995. The van der Waals surface area contributed by atoms with Crippen molar-refractivity contribution in [1.29, 1.82) is 0 Å². The fourth-order valence-electron chi connectivity index (χ4n) is 3.68. The van der Waals surface area contributed by atoms with Crippen LogP contribution >= 0.6 is 0 Å². The van der Waals surface area contributed by atoms with E-state index in [1.54, 1.807) is 11.7 Å². The molecular weight excluding hydrogens is 390 g/mol. The van der Waals surface area contributed by atoms with E-state index in [1.807, 2.05) is 24.3 Å². The zero-order valence-electron chi connectivity index (χ0n) is 16.7. The van der Waals surface area contributed by atoms with Gasteiger partial charge in [0, 0.05) is 0 Å². The number of hydrogen-bond acceptors (Lipinski definition) is 9. The zero-order valence-corrected chi connectivity index (χ0v) is 16.7. The molecule has 1 fully saturated rings. The number of aliphatic hydroxyl groups is 3. The molecule has 0 spiro atoms. The van der Waals surface area contributed by atoms with Gasteiger partial charge in [0.05, 0.1) is 26.1 Å². The standard InChI is InChI=1S/C20H25N5O5/c1-3-13(11-4-6-12(29-2)7-5-11)24-18-15-19(22-9-21-18)25(10-23-15)20-17(28)16(27)14(8-26)30-20/h4-7,9-10,13-14,16-17,20,26-28H,3,8H2,1-2H3,(H,21,22,24). The van der Waals surface area contributed by atoms with Gasteiger partial charge < -0.3 is 30.1 Å². The summed E-state index contributed by atoms with van der Waals surface area (Å²) in [6.07, 6.45) is -0.489. The predicted molar refractivity (Wildman–Crippen MR) is 108 cm³/mol. The van der Waals surface area contributed by atoms with E-state index in [4.69, 9.17) is 9.47 Å². The Balaban J connectivity index is 1.63. The molecule has 1 aliphatic heterocycles. The molecule has 0 radical (unpaired) electrons. The summed E-state index contributed by atoms with van der Waals surface area (Å²) in [5.41, 5.74) is 2.04. The highest BCUT2D eigenvalue weighted by atomic mass is 16.6. The first-order chi connectivity index (χ1) is 14.6. The lowest BCUT2D eigenvalue weighted by Gasteiger charge is -2.19. The van der Waals surface area contributed by atoms with Gasteiger partial charge in [-0.15, -0.1) is 0 Å². The second-order valence-electron chi connectivity index (χ2n) is 7.15. The highest BCUT2D eigenvalue weighted by molar-refractivity contribution is 5.83. The van der Waals surface area contributed by atoms with Gasteiger partial charge in [-0.3, -0.25) is 4.57 Å². The lowest BCUT2D eigenvalue weighted by atomic mass is 10.0. The van der Waals surface area contributed by atoms with Gasteiger partial charge in [-0.25, -0.2) is 15.0 Å². The van der Waals surface area contributed by atoms with E-state index >= 15 is 0 Å². The molecule has 5 atom stereocenters. The molecule has 0 amide bonds. The first-order valence-electron chi connectivity index (χ1n) is 9.77. The van der Waals surface area contributed by atoms with Crippen molar-refractivity contribution in [3.8, 4) is 5.75 Å². The summed E-state index contributed by atoms with van der Waals surface area (Å²) in [6.45, 7) is 1.67. The molecule has 30 heavy (non-hydrogen) atoms. The van der Waals surface area contributed by atoms with Crippen LogP contribution < -0.4 is 10.1 Å². The number of ether oxygens (including phenoxy) is 2. The van der Waals surface area contributed by atoms with Crippen LogP contribution in [0.5, 0.6) is 5.75 Å². The summed E-state index contributed by atoms with van der Waals surface area (Å²) in [4.78, 5) is 13.0. The molecule has 2 aromatic heterocycles. The van der Waals surface area contributed by atoms with Crippen LogP contribution in [-0.2, 0) is 4.74 Å². The minimum absolute atomic E-state index is 0.00642. The maximum absolute atomic E-state index is 10.3. The summed E-state index contributed by atoms with van der Waals surface area (Å²) >= 11 is 0. The van der Waals surface area contributed by atoms with Crippen molar-refractivity contribution < 1.29 is 24.8 Å². The van der Waals surface area contributed by atoms with Gasteiger partial charge in [0.1, 0.15) is 30.4 Å². The maximum Gasteiger partial charge on any atom is 0.167 e. The lowest BCUT2D eigenvalue weighted by molar-refractivity contribution is -0.0511. The van der Waals surface area contributed by atoms with Crippen LogP contribution in [0.3, 0.4) is 0 Å². The van der Waals surface area contributed by atoms with Crippen LogP contribution in [0.2, 0.25) is 0 Å². The fraction of sp³-hybridized carbons (Fsp3) is 0.450. The number of aromatic nitrogens is 4. The smallest absolute Gasteiger partial charge is 0.167 e. The Hall–Kier alpha value is -2.79. The quantitative estimate of drug-likeness (QED) is 0.446. The number of benzene rings is 1. The van der Waals surface area contributed by atoms with E-state index in [-0.39, 0.29) is 6.04 Å². The van der Waals surface area contributed by atoms with Gasteiger partial charge in [0.25, 0.3) is 0 Å². The van der Waals surface area contributed by atoms with Gasteiger partial charge >= 0.3 is 0 Å². The van der Waals surface area contributed by atoms with Crippen molar-refractivity contribution in [2.75, 3.05) is 19.0 Å². The van der Waals surface area contributed by atoms with E-state index in [0.717, 1.165) is 17.7 Å². The molecule has 3 aromatic rings. The Morgan fingerprint density at radius 3 is 2.57 bits per heavy atom. The summed E-state index contributed by atoms with van der Waals surface area (Å²) in [6, 6.07) is 7.80. The van der Waals surface area contributed by atoms with Crippen molar-refractivity contribution >= 4 is 17.0 Å². The molecule has 4 N–H and O–H groups in total.